The van der Waals surface area contributed by atoms with Crippen LogP contribution in [-0.2, 0) is 36.0 Å². The van der Waals surface area contributed by atoms with Crippen LogP contribution in [-0.4, -0.2) is 44.4 Å². The van der Waals surface area contributed by atoms with Gasteiger partial charge in [-0.1, -0.05) is 35.0 Å². The zero-order chi connectivity index (χ0) is 26.7. The number of aryl methyl sites for hydroxylation is 1. The fraction of sp³-hybridized carbons (Fsp3) is 0.375. The average Bonchev–Trinajstić information content (AvgIpc) is 3.53. The number of aromatic nitrogens is 3. The molecule has 1 atom stereocenters. The highest BCUT2D eigenvalue weighted by Crippen LogP contribution is 2.40. The van der Waals surface area contributed by atoms with Gasteiger partial charge in [0.2, 0.25) is 5.91 Å². The lowest BCUT2D eigenvalue weighted by molar-refractivity contribution is -0.115. The fourth-order valence-electron chi connectivity index (χ4n) is 3.87. The molecule has 2 amide bonds. The molecule has 0 radical (unpaired) electrons. The number of carbonyl (C=O) groups excluding carboxylic acids is 3. The summed E-state index contributed by atoms with van der Waals surface area (Å²) in [5.74, 6) is -0.525. The van der Waals surface area contributed by atoms with Gasteiger partial charge in [0, 0.05) is 16.9 Å². The van der Waals surface area contributed by atoms with Crippen LogP contribution in [0, 0.1) is 0 Å². The molecule has 9 nitrogen and oxygen atoms in total. The van der Waals surface area contributed by atoms with Crippen LogP contribution < -0.4 is 10.6 Å². The molecule has 3 aromatic rings. The highest BCUT2D eigenvalue weighted by Gasteiger charge is 2.29. The second-order valence-corrected chi connectivity index (χ2v) is 11.6. The summed E-state index contributed by atoms with van der Waals surface area (Å²) in [6, 6.07) is 4.64. The summed E-state index contributed by atoms with van der Waals surface area (Å²) in [5, 5.41) is 15.2. The molecule has 2 N–H and O–H groups in total. The molecule has 0 fully saturated rings. The van der Waals surface area contributed by atoms with Crippen molar-refractivity contribution in [3.8, 4) is 0 Å². The lowest BCUT2D eigenvalue weighted by Crippen LogP contribution is -2.25. The first-order valence-corrected chi connectivity index (χ1v) is 14.1. The van der Waals surface area contributed by atoms with Crippen LogP contribution >= 0.6 is 46.3 Å². The number of benzene rings is 1. The second-order valence-electron chi connectivity index (χ2n) is 8.30. The number of halogens is 2. The van der Waals surface area contributed by atoms with Gasteiger partial charge in [0.15, 0.2) is 11.0 Å². The van der Waals surface area contributed by atoms with Crippen LogP contribution in [0.1, 0.15) is 57.2 Å². The zero-order valence-electron chi connectivity index (χ0n) is 20.4. The van der Waals surface area contributed by atoms with Crippen LogP contribution in [0.25, 0.3) is 0 Å². The van der Waals surface area contributed by atoms with Crippen LogP contribution in [0.5, 0.6) is 0 Å². The monoisotopic (exact) mass is 581 g/mol. The summed E-state index contributed by atoms with van der Waals surface area (Å²) in [5.41, 5.74) is 1.76. The van der Waals surface area contributed by atoms with E-state index in [9.17, 15) is 14.4 Å². The molecule has 196 valence electrons. The van der Waals surface area contributed by atoms with Crippen LogP contribution in [0.2, 0.25) is 10.0 Å². The highest BCUT2D eigenvalue weighted by atomic mass is 35.5. The van der Waals surface area contributed by atoms with E-state index in [1.807, 2.05) is 0 Å². The van der Waals surface area contributed by atoms with Gasteiger partial charge >= 0.3 is 5.97 Å². The van der Waals surface area contributed by atoms with E-state index in [0.717, 1.165) is 29.7 Å². The molecular formula is C24H25Cl2N5O4S2. The molecule has 13 heteroatoms. The number of carbonyl (C=O) groups is 3. The summed E-state index contributed by atoms with van der Waals surface area (Å²) < 4.78 is 6.94. The van der Waals surface area contributed by atoms with Crippen molar-refractivity contribution >= 4 is 69.1 Å². The van der Waals surface area contributed by atoms with Crippen molar-refractivity contribution in [2.24, 2.45) is 7.05 Å². The van der Waals surface area contributed by atoms with Crippen LogP contribution in [0.15, 0.2) is 23.4 Å². The van der Waals surface area contributed by atoms with Gasteiger partial charge in [-0.05, 0) is 56.9 Å². The molecular weight excluding hydrogens is 557 g/mol. The number of hydrogen-bond acceptors (Lipinski definition) is 8. The van der Waals surface area contributed by atoms with E-state index in [1.54, 1.807) is 37.6 Å². The zero-order valence-corrected chi connectivity index (χ0v) is 23.5. The molecule has 4 rings (SSSR count). The SMILES string of the molecule is CCOC(=O)c1c(NC(=O)[C@H](C)Sc2nnc(CNC(=O)c3ccc(Cl)cc3Cl)n2C)sc2c1CCC2. The number of nitrogens with zero attached hydrogens (tertiary/aromatic N) is 3. The number of rotatable bonds is 9. The molecule has 0 saturated heterocycles. The number of anilines is 1. The van der Waals surface area contributed by atoms with Gasteiger partial charge in [-0.25, -0.2) is 4.79 Å². The molecule has 1 aliphatic rings. The number of thioether (sulfide) groups is 1. The van der Waals surface area contributed by atoms with Crippen molar-refractivity contribution in [2.45, 2.75) is 50.1 Å². The Kier molecular flexibility index (Phi) is 8.79. The summed E-state index contributed by atoms with van der Waals surface area (Å²) in [7, 11) is 1.76. The summed E-state index contributed by atoms with van der Waals surface area (Å²) in [6.07, 6.45) is 2.70. The van der Waals surface area contributed by atoms with E-state index in [0.29, 0.717) is 32.1 Å². The average molecular weight is 583 g/mol. The standard InChI is InChI=1S/C24H25Cl2N5O4S2/c1-4-35-23(34)19-15-6-5-7-17(15)37-22(19)28-20(32)12(2)36-24-30-29-18(31(24)3)11-27-21(33)14-9-8-13(25)10-16(14)26/h8-10,12H,4-7,11H2,1-3H3,(H,27,33)(H,28,32)/t12-/m0/s1. The third-order valence-corrected chi connectivity index (χ3v) is 8.69. The van der Waals surface area contributed by atoms with E-state index in [-0.39, 0.29) is 30.0 Å². The molecule has 2 heterocycles. The Balaban J connectivity index is 1.39. The minimum Gasteiger partial charge on any atom is -0.462 e. The van der Waals surface area contributed by atoms with Gasteiger partial charge in [0.05, 0.1) is 34.6 Å². The van der Waals surface area contributed by atoms with E-state index in [2.05, 4.69) is 20.8 Å². The van der Waals surface area contributed by atoms with E-state index >= 15 is 0 Å². The van der Waals surface area contributed by atoms with Crippen LogP contribution in [0.4, 0.5) is 5.00 Å². The number of thiophene rings is 1. The minimum absolute atomic E-state index is 0.117. The number of esters is 1. The van der Waals surface area contributed by atoms with Gasteiger partial charge in [-0.15, -0.1) is 21.5 Å². The molecule has 0 aliphatic heterocycles. The van der Waals surface area contributed by atoms with Gasteiger partial charge in [0.25, 0.3) is 5.91 Å². The maximum Gasteiger partial charge on any atom is 0.341 e. The van der Waals surface area contributed by atoms with Crippen molar-refractivity contribution in [2.75, 3.05) is 11.9 Å². The van der Waals surface area contributed by atoms with Crippen molar-refractivity contribution in [3.63, 3.8) is 0 Å². The Morgan fingerprint density at radius 2 is 2.03 bits per heavy atom. The van der Waals surface area contributed by atoms with Crippen molar-refractivity contribution in [3.05, 3.63) is 55.6 Å². The number of hydrogen-bond donors (Lipinski definition) is 2. The third kappa shape index (κ3) is 6.11. The lowest BCUT2D eigenvalue weighted by Gasteiger charge is -2.12. The number of ether oxygens (including phenoxy) is 1. The second kappa shape index (κ2) is 11.8. The van der Waals surface area contributed by atoms with E-state index in [1.165, 1.54) is 29.2 Å². The molecule has 0 spiro atoms. The molecule has 1 aromatic carbocycles. The normalized spacial score (nSPS) is 13.2. The quantitative estimate of drug-likeness (QED) is 0.273. The Labute approximate surface area is 232 Å². The van der Waals surface area contributed by atoms with Gasteiger partial charge in [-0.2, -0.15) is 0 Å². The number of nitrogens with one attached hydrogen (secondary N) is 2. The Morgan fingerprint density at radius 1 is 1.24 bits per heavy atom. The van der Waals surface area contributed by atoms with E-state index in [4.69, 9.17) is 27.9 Å². The first kappa shape index (κ1) is 27.4. The first-order chi connectivity index (χ1) is 17.7. The topological polar surface area (TPSA) is 115 Å². The number of fused-ring (bicyclic) bond motifs is 1. The van der Waals surface area contributed by atoms with Crippen molar-refractivity contribution < 1.29 is 19.1 Å². The van der Waals surface area contributed by atoms with Crippen molar-refractivity contribution in [1.29, 1.82) is 0 Å². The van der Waals surface area contributed by atoms with E-state index < -0.39 is 11.2 Å². The highest BCUT2D eigenvalue weighted by molar-refractivity contribution is 8.00. The lowest BCUT2D eigenvalue weighted by atomic mass is 10.1. The minimum atomic E-state index is -0.523. The van der Waals surface area contributed by atoms with Crippen LogP contribution in [0.3, 0.4) is 0 Å². The predicted molar refractivity (Wildman–Crippen MR) is 145 cm³/mol. The Bertz CT molecular complexity index is 1360. The maximum atomic E-state index is 13.0. The summed E-state index contributed by atoms with van der Waals surface area (Å²) in [6.45, 7) is 3.90. The molecule has 0 bridgehead atoms. The Morgan fingerprint density at radius 3 is 2.76 bits per heavy atom. The molecule has 0 unspecified atom stereocenters. The fourth-order valence-corrected chi connectivity index (χ4v) is 6.47. The predicted octanol–water partition coefficient (Wildman–Crippen LogP) is 4.90. The first-order valence-electron chi connectivity index (χ1n) is 11.6. The summed E-state index contributed by atoms with van der Waals surface area (Å²) in [4.78, 5) is 39.2. The molecule has 2 aromatic heterocycles. The molecule has 37 heavy (non-hydrogen) atoms. The smallest absolute Gasteiger partial charge is 0.341 e. The van der Waals surface area contributed by atoms with Gasteiger partial charge in [0.1, 0.15) is 5.00 Å². The van der Waals surface area contributed by atoms with Gasteiger partial charge in [-0.3, -0.25) is 9.59 Å². The van der Waals surface area contributed by atoms with Crippen molar-refractivity contribution in [1.82, 2.24) is 20.1 Å². The Hall–Kier alpha value is -2.60. The molecule has 0 saturated carbocycles. The third-order valence-electron chi connectivity index (χ3n) is 5.80. The maximum absolute atomic E-state index is 13.0. The largest absolute Gasteiger partial charge is 0.462 e. The van der Waals surface area contributed by atoms with Gasteiger partial charge < -0.3 is 19.9 Å². The summed E-state index contributed by atoms with van der Waals surface area (Å²) >= 11 is 14.7. The number of amides is 2. The molecule has 1 aliphatic carbocycles.